The van der Waals surface area contributed by atoms with Gasteiger partial charge in [0.15, 0.2) is 0 Å². The van der Waals surface area contributed by atoms with Crippen molar-refractivity contribution >= 4 is 17.3 Å². The van der Waals surface area contributed by atoms with E-state index in [0.29, 0.717) is 5.69 Å². The van der Waals surface area contributed by atoms with Gasteiger partial charge in [-0.25, -0.2) is 0 Å². The van der Waals surface area contributed by atoms with Gasteiger partial charge in [-0.05, 0) is 36.4 Å². The van der Waals surface area contributed by atoms with E-state index in [4.69, 9.17) is 0 Å². The molecule has 23 heavy (non-hydrogen) atoms. The Kier molecular flexibility index (Phi) is 4.34. The van der Waals surface area contributed by atoms with Gasteiger partial charge in [-0.1, -0.05) is 0 Å². The highest BCUT2D eigenvalue weighted by molar-refractivity contribution is 6.06. The zero-order valence-electron chi connectivity index (χ0n) is 12.6. The first-order valence-corrected chi connectivity index (χ1v) is 7.52. The Bertz CT molecular complexity index is 695. The van der Waals surface area contributed by atoms with Crippen molar-refractivity contribution in [2.45, 2.75) is 0 Å². The van der Waals surface area contributed by atoms with Crippen molar-refractivity contribution < 1.29 is 15.0 Å². The maximum atomic E-state index is 12.3. The number of anilines is 2. The Morgan fingerprint density at radius 3 is 2.39 bits per heavy atom. The lowest BCUT2D eigenvalue weighted by Gasteiger charge is -2.29. The number of nitrogens with zero attached hydrogens (tertiary/aromatic N) is 1. The molecule has 4 N–H and O–H groups in total. The minimum atomic E-state index is -0.389. The predicted molar refractivity (Wildman–Crippen MR) is 89.2 cm³/mol. The fourth-order valence-corrected chi connectivity index (χ4v) is 2.57. The fraction of sp³-hybridized carbons (Fsp3) is 0.235. The summed E-state index contributed by atoms with van der Waals surface area (Å²) in [5.74, 6) is -0.302. The lowest BCUT2D eigenvalue weighted by molar-refractivity contribution is 0.102. The standard InChI is InChI=1S/C17H19N3O3/c21-14-4-1-12(2-5-14)19-17(23)15-6-3-13(11-16(15)22)20-9-7-18-8-10-20/h1-6,11,18,21-22H,7-10H2,(H,19,23). The summed E-state index contributed by atoms with van der Waals surface area (Å²) in [4.78, 5) is 14.4. The molecule has 0 bridgehead atoms. The van der Waals surface area contributed by atoms with Crippen LogP contribution in [0.15, 0.2) is 42.5 Å². The third kappa shape index (κ3) is 3.54. The van der Waals surface area contributed by atoms with Gasteiger partial charge in [0.2, 0.25) is 0 Å². The summed E-state index contributed by atoms with van der Waals surface area (Å²) in [6, 6.07) is 11.3. The summed E-state index contributed by atoms with van der Waals surface area (Å²) in [5.41, 5.74) is 1.68. The summed E-state index contributed by atoms with van der Waals surface area (Å²) < 4.78 is 0. The van der Waals surface area contributed by atoms with Crippen molar-refractivity contribution in [1.29, 1.82) is 0 Å². The van der Waals surface area contributed by atoms with Crippen LogP contribution in [0.1, 0.15) is 10.4 Å². The molecule has 6 heteroatoms. The van der Waals surface area contributed by atoms with E-state index in [1.54, 1.807) is 24.3 Å². The average Bonchev–Trinajstić information content (AvgIpc) is 2.57. The number of carbonyl (C=O) groups is 1. The van der Waals surface area contributed by atoms with Gasteiger partial charge in [-0.3, -0.25) is 4.79 Å². The Morgan fingerprint density at radius 2 is 1.74 bits per heavy atom. The first-order valence-electron chi connectivity index (χ1n) is 7.52. The van der Waals surface area contributed by atoms with Gasteiger partial charge in [0.25, 0.3) is 5.91 Å². The van der Waals surface area contributed by atoms with Crippen LogP contribution >= 0.6 is 0 Å². The molecule has 1 heterocycles. The highest BCUT2D eigenvalue weighted by Gasteiger charge is 2.15. The SMILES string of the molecule is O=C(Nc1ccc(O)cc1)c1ccc(N2CCNCC2)cc1O. The number of nitrogens with one attached hydrogen (secondary N) is 2. The molecule has 0 spiro atoms. The largest absolute Gasteiger partial charge is 0.508 e. The Balaban J connectivity index is 1.74. The van der Waals surface area contributed by atoms with Gasteiger partial charge in [0.05, 0.1) is 5.56 Å². The molecule has 0 unspecified atom stereocenters. The first-order chi connectivity index (χ1) is 11.1. The van der Waals surface area contributed by atoms with E-state index in [1.807, 2.05) is 6.07 Å². The van der Waals surface area contributed by atoms with E-state index in [0.717, 1.165) is 31.9 Å². The highest BCUT2D eigenvalue weighted by atomic mass is 16.3. The summed E-state index contributed by atoms with van der Waals surface area (Å²) in [6.07, 6.45) is 0. The molecule has 0 atom stereocenters. The number of aromatic hydroxyl groups is 2. The molecule has 2 aromatic rings. The van der Waals surface area contributed by atoms with Crippen molar-refractivity contribution in [1.82, 2.24) is 5.32 Å². The van der Waals surface area contributed by atoms with Gasteiger partial charge < -0.3 is 25.7 Å². The van der Waals surface area contributed by atoms with Crippen LogP contribution < -0.4 is 15.5 Å². The molecule has 1 aliphatic heterocycles. The molecule has 2 aromatic carbocycles. The normalized spacial score (nSPS) is 14.5. The average molecular weight is 313 g/mol. The van der Waals surface area contributed by atoms with E-state index in [-0.39, 0.29) is 23.0 Å². The zero-order chi connectivity index (χ0) is 16.2. The number of piperazine rings is 1. The molecular weight excluding hydrogens is 294 g/mol. The minimum Gasteiger partial charge on any atom is -0.508 e. The van der Waals surface area contributed by atoms with Crippen molar-refractivity contribution in [3.05, 3.63) is 48.0 Å². The van der Waals surface area contributed by atoms with Crippen LogP contribution in [0.4, 0.5) is 11.4 Å². The minimum absolute atomic E-state index is 0.0442. The second-order valence-electron chi connectivity index (χ2n) is 5.44. The monoisotopic (exact) mass is 313 g/mol. The highest BCUT2D eigenvalue weighted by Crippen LogP contribution is 2.26. The molecule has 120 valence electrons. The third-order valence-electron chi connectivity index (χ3n) is 3.83. The van der Waals surface area contributed by atoms with Crippen LogP contribution in [0.3, 0.4) is 0 Å². The summed E-state index contributed by atoms with van der Waals surface area (Å²) >= 11 is 0. The van der Waals surface area contributed by atoms with Gasteiger partial charge in [0.1, 0.15) is 11.5 Å². The zero-order valence-corrected chi connectivity index (χ0v) is 12.6. The maximum Gasteiger partial charge on any atom is 0.259 e. The van der Waals surface area contributed by atoms with Crippen LogP contribution in [-0.2, 0) is 0 Å². The lowest BCUT2D eigenvalue weighted by atomic mass is 10.1. The number of hydrogen-bond acceptors (Lipinski definition) is 5. The van der Waals surface area contributed by atoms with Gasteiger partial charge >= 0.3 is 0 Å². The topological polar surface area (TPSA) is 84.8 Å². The molecule has 1 saturated heterocycles. The van der Waals surface area contributed by atoms with Gasteiger partial charge in [-0.15, -0.1) is 0 Å². The Hall–Kier alpha value is -2.73. The molecule has 1 fully saturated rings. The Labute approximate surface area is 134 Å². The van der Waals surface area contributed by atoms with Crippen molar-refractivity contribution in [2.24, 2.45) is 0 Å². The second kappa shape index (κ2) is 6.58. The van der Waals surface area contributed by atoms with Crippen LogP contribution in [0.25, 0.3) is 0 Å². The fourth-order valence-electron chi connectivity index (χ4n) is 2.57. The number of amides is 1. The van der Waals surface area contributed by atoms with Gasteiger partial charge in [0, 0.05) is 43.6 Å². The molecule has 1 aliphatic rings. The number of hydrogen-bond donors (Lipinski definition) is 4. The molecule has 0 saturated carbocycles. The maximum absolute atomic E-state index is 12.3. The van der Waals surface area contributed by atoms with Crippen molar-refractivity contribution in [3.8, 4) is 11.5 Å². The van der Waals surface area contributed by atoms with E-state index in [1.165, 1.54) is 12.1 Å². The van der Waals surface area contributed by atoms with Crippen LogP contribution in [-0.4, -0.2) is 42.3 Å². The molecular formula is C17H19N3O3. The van der Waals surface area contributed by atoms with E-state index in [9.17, 15) is 15.0 Å². The second-order valence-corrected chi connectivity index (χ2v) is 5.44. The molecule has 1 amide bonds. The lowest BCUT2D eigenvalue weighted by Crippen LogP contribution is -2.43. The van der Waals surface area contributed by atoms with E-state index >= 15 is 0 Å². The number of benzene rings is 2. The summed E-state index contributed by atoms with van der Waals surface area (Å²) in [5, 5.41) is 25.4. The molecule has 6 nitrogen and oxygen atoms in total. The number of carbonyl (C=O) groups excluding carboxylic acids is 1. The molecule has 0 radical (unpaired) electrons. The van der Waals surface area contributed by atoms with Crippen LogP contribution in [0.5, 0.6) is 11.5 Å². The Morgan fingerprint density at radius 1 is 1.04 bits per heavy atom. The number of rotatable bonds is 3. The van der Waals surface area contributed by atoms with E-state index < -0.39 is 0 Å². The smallest absolute Gasteiger partial charge is 0.259 e. The van der Waals surface area contributed by atoms with Crippen LogP contribution in [0, 0.1) is 0 Å². The quantitative estimate of drug-likeness (QED) is 0.649. The predicted octanol–water partition coefficient (Wildman–Crippen LogP) is 1.76. The van der Waals surface area contributed by atoms with E-state index in [2.05, 4.69) is 15.5 Å². The first kappa shape index (κ1) is 15.2. The number of phenols is 2. The van der Waals surface area contributed by atoms with Crippen molar-refractivity contribution in [3.63, 3.8) is 0 Å². The van der Waals surface area contributed by atoms with Crippen LogP contribution in [0.2, 0.25) is 0 Å². The van der Waals surface area contributed by atoms with Gasteiger partial charge in [-0.2, -0.15) is 0 Å². The van der Waals surface area contributed by atoms with Crippen molar-refractivity contribution in [2.75, 3.05) is 36.4 Å². The molecule has 0 aliphatic carbocycles. The summed E-state index contributed by atoms with van der Waals surface area (Å²) in [6.45, 7) is 3.56. The third-order valence-corrected chi connectivity index (χ3v) is 3.83. The molecule has 0 aromatic heterocycles. The number of phenolic OH excluding ortho intramolecular Hbond substituents is 2. The molecule has 3 rings (SSSR count). The summed E-state index contributed by atoms with van der Waals surface area (Å²) in [7, 11) is 0.